The first kappa shape index (κ1) is 18.8. The van der Waals surface area contributed by atoms with Crippen LogP contribution < -0.4 is 5.32 Å². The number of ether oxygens (including phenoxy) is 1. The number of halogens is 4. The van der Waals surface area contributed by atoms with E-state index in [-0.39, 0.29) is 6.42 Å². The number of methoxy groups -OCH3 is 1. The summed E-state index contributed by atoms with van der Waals surface area (Å²) in [6, 6.07) is 6.02. The minimum absolute atomic E-state index is 0.171. The molecule has 122 valence electrons. The number of hydrogen-bond donors (Lipinski definition) is 1. The zero-order valence-electron chi connectivity index (χ0n) is 11.4. The third-order valence-corrected chi connectivity index (χ3v) is 3.78. The average molecular weight is 400 g/mol. The molecule has 0 bridgehead atoms. The molecule has 0 fully saturated rings. The average Bonchev–Trinajstić information content (AvgIpc) is 2.43. The molecule has 0 heterocycles. The predicted molar refractivity (Wildman–Crippen MR) is 80.2 cm³/mol. The Hall–Kier alpha value is -1.22. The van der Waals surface area contributed by atoms with Crippen molar-refractivity contribution < 1.29 is 27.5 Å². The van der Waals surface area contributed by atoms with Gasteiger partial charge in [-0.3, -0.25) is 9.59 Å². The van der Waals surface area contributed by atoms with E-state index in [1.807, 2.05) is 0 Å². The van der Waals surface area contributed by atoms with Crippen LogP contribution in [0.15, 0.2) is 28.7 Å². The van der Waals surface area contributed by atoms with Crippen LogP contribution in [-0.2, 0) is 14.3 Å². The normalized spacial score (nSPS) is 12.6. The Kier molecular flexibility index (Phi) is 7.21. The summed E-state index contributed by atoms with van der Waals surface area (Å²) in [5.41, 5.74) is -3.89. The highest BCUT2D eigenvalue weighted by Gasteiger charge is 2.30. The zero-order valence-corrected chi connectivity index (χ0v) is 13.8. The summed E-state index contributed by atoms with van der Waals surface area (Å²) in [6.45, 7) is 0. The van der Waals surface area contributed by atoms with Gasteiger partial charge in [0.2, 0.25) is 5.91 Å². The highest BCUT2D eigenvalue weighted by molar-refractivity contribution is 9.10. The van der Waals surface area contributed by atoms with E-state index in [2.05, 4.69) is 26.0 Å². The summed E-state index contributed by atoms with van der Waals surface area (Å²) < 4.78 is 41.6. The second-order valence-electron chi connectivity index (χ2n) is 4.19. The lowest BCUT2D eigenvalue weighted by Gasteiger charge is -2.18. The second-order valence-corrected chi connectivity index (χ2v) is 6.15. The van der Waals surface area contributed by atoms with E-state index in [0.29, 0.717) is 5.56 Å². The quantitative estimate of drug-likeness (QED) is 0.744. The Labute approximate surface area is 137 Å². The molecule has 0 spiro atoms. The summed E-state index contributed by atoms with van der Waals surface area (Å²) >= 11 is 2.82. The van der Waals surface area contributed by atoms with Gasteiger partial charge in [-0.2, -0.15) is 13.2 Å². The van der Waals surface area contributed by atoms with Gasteiger partial charge in [0.15, 0.2) is 0 Å². The Balaban J connectivity index is 2.78. The lowest BCUT2D eigenvalue weighted by Crippen LogP contribution is -2.32. The van der Waals surface area contributed by atoms with Crippen LogP contribution in [0, 0.1) is 0 Å². The molecule has 0 aliphatic rings. The van der Waals surface area contributed by atoms with Crippen LogP contribution in [0.5, 0.6) is 0 Å². The van der Waals surface area contributed by atoms with E-state index < -0.39 is 40.9 Å². The van der Waals surface area contributed by atoms with Crippen molar-refractivity contribution in [2.45, 2.75) is 18.0 Å². The predicted octanol–water partition coefficient (Wildman–Crippen LogP) is 3.42. The van der Waals surface area contributed by atoms with Crippen LogP contribution >= 0.6 is 27.7 Å². The summed E-state index contributed by atoms with van der Waals surface area (Å²) in [7, 11) is 1.20. The second kappa shape index (κ2) is 8.42. The fourth-order valence-electron chi connectivity index (χ4n) is 1.61. The molecule has 1 atom stereocenters. The first-order valence-corrected chi connectivity index (χ1v) is 7.81. The highest BCUT2D eigenvalue weighted by atomic mass is 79.9. The van der Waals surface area contributed by atoms with E-state index >= 15 is 0 Å². The molecule has 1 aromatic rings. The number of benzene rings is 1. The van der Waals surface area contributed by atoms with Gasteiger partial charge in [0, 0.05) is 4.47 Å². The largest absolute Gasteiger partial charge is 0.469 e. The minimum atomic E-state index is -4.48. The van der Waals surface area contributed by atoms with Gasteiger partial charge >= 0.3 is 11.5 Å². The Bertz CT molecular complexity index is 540. The van der Waals surface area contributed by atoms with Crippen LogP contribution in [0.3, 0.4) is 0 Å². The molecule has 1 amide bonds. The van der Waals surface area contributed by atoms with E-state index in [0.717, 1.165) is 4.47 Å². The van der Waals surface area contributed by atoms with Gasteiger partial charge < -0.3 is 10.1 Å². The third-order valence-electron chi connectivity index (χ3n) is 2.55. The molecule has 0 aliphatic carbocycles. The van der Waals surface area contributed by atoms with Crippen molar-refractivity contribution in [2.24, 2.45) is 0 Å². The molecule has 22 heavy (non-hydrogen) atoms. The van der Waals surface area contributed by atoms with E-state index in [4.69, 9.17) is 0 Å². The summed E-state index contributed by atoms with van der Waals surface area (Å²) in [5, 5.41) is 2.42. The summed E-state index contributed by atoms with van der Waals surface area (Å²) in [6.07, 6.45) is -0.171. The molecule has 0 aromatic heterocycles. The fourth-order valence-corrected chi connectivity index (χ4v) is 2.40. The number of nitrogens with one attached hydrogen (secondary N) is 1. The van der Waals surface area contributed by atoms with Crippen molar-refractivity contribution in [1.29, 1.82) is 0 Å². The fraction of sp³-hybridized carbons (Fsp3) is 0.385. The molecule has 1 aromatic carbocycles. The van der Waals surface area contributed by atoms with E-state index in [1.165, 1.54) is 7.11 Å². The number of hydrogen-bond acceptors (Lipinski definition) is 4. The Morgan fingerprint density at radius 1 is 1.41 bits per heavy atom. The first-order chi connectivity index (χ1) is 10.2. The number of rotatable bonds is 6. The number of carbonyl (C=O) groups is 2. The Morgan fingerprint density at radius 3 is 2.64 bits per heavy atom. The van der Waals surface area contributed by atoms with Crippen molar-refractivity contribution in [2.75, 3.05) is 12.9 Å². The minimum Gasteiger partial charge on any atom is -0.469 e. The van der Waals surface area contributed by atoms with Crippen LogP contribution in [0.1, 0.15) is 18.0 Å². The van der Waals surface area contributed by atoms with Crippen LogP contribution in [0.2, 0.25) is 0 Å². The molecular weight excluding hydrogens is 387 g/mol. The van der Waals surface area contributed by atoms with Gasteiger partial charge in [0.1, 0.15) is 0 Å². The van der Waals surface area contributed by atoms with E-state index in [9.17, 15) is 22.8 Å². The smallest absolute Gasteiger partial charge is 0.442 e. The summed E-state index contributed by atoms with van der Waals surface area (Å²) in [4.78, 5) is 23.0. The van der Waals surface area contributed by atoms with Crippen LogP contribution in [-0.4, -0.2) is 30.2 Å². The topological polar surface area (TPSA) is 55.4 Å². The van der Waals surface area contributed by atoms with Crippen molar-refractivity contribution in [3.63, 3.8) is 0 Å². The molecule has 0 saturated heterocycles. The monoisotopic (exact) mass is 399 g/mol. The molecule has 0 aliphatic heterocycles. The number of carbonyl (C=O) groups excluding carboxylic acids is 2. The molecule has 9 heteroatoms. The number of amides is 1. The molecule has 4 nitrogen and oxygen atoms in total. The van der Waals surface area contributed by atoms with Crippen LogP contribution in [0.25, 0.3) is 0 Å². The summed E-state index contributed by atoms with van der Waals surface area (Å²) in [5.74, 6) is -2.15. The molecule has 0 radical (unpaired) electrons. The van der Waals surface area contributed by atoms with Gasteiger partial charge in [-0.15, -0.1) is 0 Å². The van der Waals surface area contributed by atoms with Crippen molar-refractivity contribution in [3.8, 4) is 0 Å². The van der Waals surface area contributed by atoms with Gasteiger partial charge in [0.05, 0.1) is 25.3 Å². The highest BCUT2D eigenvalue weighted by Crippen LogP contribution is 2.30. The molecule has 1 rings (SSSR count). The van der Waals surface area contributed by atoms with E-state index in [1.54, 1.807) is 24.3 Å². The number of thioether (sulfide) groups is 1. The first-order valence-electron chi connectivity index (χ1n) is 6.03. The van der Waals surface area contributed by atoms with Crippen molar-refractivity contribution in [3.05, 3.63) is 34.3 Å². The third kappa shape index (κ3) is 7.17. The lowest BCUT2D eigenvalue weighted by molar-refractivity contribution is -0.141. The lowest BCUT2D eigenvalue weighted by atomic mass is 10.0. The maximum Gasteiger partial charge on any atom is 0.442 e. The maximum absolute atomic E-state index is 12.1. The zero-order chi connectivity index (χ0) is 16.8. The van der Waals surface area contributed by atoms with Gasteiger partial charge in [-0.05, 0) is 29.5 Å². The SMILES string of the molecule is COC(=O)CC(NC(=O)CSC(F)(F)F)c1cccc(Br)c1. The van der Waals surface area contributed by atoms with Crippen LogP contribution in [0.4, 0.5) is 13.2 Å². The Morgan fingerprint density at radius 2 is 2.09 bits per heavy atom. The molecule has 0 saturated carbocycles. The van der Waals surface area contributed by atoms with Crippen molar-refractivity contribution >= 4 is 39.6 Å². The molecule has 1 unspecified atom stereocenters. The van der Waals surface area contributed by atoms with Gasteiger partial charge in [-0.1, -0.05) is 28.1 Å². The standard InChI is InChI=1S/C13H13BrF3NO3S/c1-21-12(20)6-10(8-3-2-4-9(14)5-8)18-11(19)7-22-13(15,16)17/h2-5,10H,6-7H2,1H3,(H,18,19). The van der Waals surface area contributed by atoms with Gasteiger partial charge in [0.25, 0.3) is 0 Å². The number of alkyl halides is 3. The van der Waals surface area contributed by atoms with Gasteiger partial charge in [-0.25, -0.2) is 0 Å². The molecular formula is C13H13BrF3NO3S. The number of esters is 1. The van der Waals surface area contributed by atoms with Crippen molar-refractivity contribution in [1.82, 2.24) is 5.32 Å². The molecule has 1 N–H and O–H groups in total. The maximum atomic E-state index is 12.1.